The van der Waals surface area contributed by atoms with E-state index in [0.717, 1.165) is 22.7 Å². The quantitative estimate of drug-likeness (QED) is 0.919. The summed E-state index contributed by atoms with van der Waals surface area (Å²) in [6.07, 6.45) is 5.23. The fraction of sp³-hybridized carbons (Fsp3) is 0.286. The highest BCUT2D eigenvalue weighted by Gasteiger charge is 2.15. The van der Waals surface area contributed by atoms with Crippen molar-refractivity contribution in [1.82, 2.24) is 15.3 Å². The van der Waals surface area contributed by atoms with Gasteiger partial charge in [0, 0.05) is 23.0 Å². The molecular formula is C14H16ClN3. The Labute approximate surface area is 112 Å². The number of aryl methyl sites for hydroxylation is 1. The second-order valence-corrected chi connectivity index (χ2v) is 4.60. The van der Waals surface area contributed by atoms with E-state index in [1.165, 1.54) is 5.56 Å². The van der Waals surface area contributed by atoms with Gasteiger partial charge in [0.2, 0.25) is 0 Å². The fourth-order valence-electron chi connectivity index (χ4n) is 2.03. The molecule has 1 aromatic heterocycles. The lowest BCUT2D eigenvalue weighted by molar-refractivity contribution is 0.623. The van der Waals surface area contributed by atoms with Crippen LogP contribution < -0.4 is 5.32 Å². The Balaban J connectivity index is 2.41. The molecule has 0 spiro atoms. The van der Waals surface area contributed by atoms with Crippen LogP contribution in [0.25, 0.3) is 0 Å². The Kier molecular flexibility index (Phi) is 4.28. The van der Waals surface area contributed by atoms with Crippen LogP contribution in [0, 0.1) is 6.92 Å². The molecule has 0 aliphatic heterocycles. The molecule has 1 heterocycles. The molecule has 0 radical (unpaired) electrons. The van der Waals surface area contributed by atoms with Gasteiger partial charge in [0.25, 0.3) is 0 Å². The molecule has 2 aromatic rings. The molecule has 3 nitrogen and oxygen atoms in total. The van der Waals surface area contributed by atoms with Crippen molar-refractivity contribution in [3.63, 3.8) is 0 Å². The van der Waals surface area contributed by atoms with E-state index in [9.17, 15) is 0 Å². The summed E-state index contributed by atoms with van der Waals surface area (Å²) in [5, 5.41) is 4.21. The zero-order valence-corrected chi connectivity index (χ0v) is 11.3. The highest BCUT2D eigenvalue weighted by Crippen LogP contribution is 2.26. The van der Waals surface area contributed by atoms with Crippen LogP contribution in [0.2, 0.25) is 5.02 Å². The Bertz CT molecular complexity index is 514. The van der Waals surface area contributed by atoms with Crippen LogP contribution in [-0.2, 0) is 0 Å². The molecule has 0 saturated heterocycles. The van der Waals surface area contributed by atoms with Crippen molar-refractivity contribution >= 4 is 11.6 Å². The second-order valence-electron chi connectivity index (χ2n) is 4.16. The zero-order valence-electron chi connectivity index (χ0n) is 10.5. The van der Waals surface area contributed by atoms with Crippen LogP contribution in [-0.4, -0.2) is 16.5 Å². The average Bonchev–Trinajstić information content (AvgIpc) is 2.38. The molecule has 0 fully saturated rings. The largest absolute Gasteiger partial charge is 0.306 e. The molecule has 18 heavy (non-hydrogen) atoms. The third-order valence-corrected chi connectivity index (χ3v) is 3.10. The lowest BCUT2D eigenvalue weighted by atomic mass is 9.97. The average molecular weight is 262 g/mol. The van der Waals surface area contributed by atoms with E-state index in [1.54, 1.807) is 6.33 Å². The minimum Gasteiger partial charge on any atom is -0.306 e. The van der Waals surface area contributed by atoms with Crippen LogP contribution in [0.15, 0.2) is 36.9 Å². The number of nitrogens with one attached hydrogen (secondary N) is 1. The Morgan fingerprint density at radius 1 is 1.28 bits per heavy atom. The van der Waals surface area contributed by atoms with Crippen molar-refractivity contribution in [2.45, 2.75) is 19.9 Å². The van der Waals surface area contributed by atoms with Crippen LogP contribution in [0.4, 0.5) is 0 Å². The van der Waals surface area contributed by atoms with Gasteiger partial charge in [-0.25, -0.2) is 9.97 Å². The fourth-order valence-corrected chi connectivity index (χ4v) is 2.26. The van der Waals surface area contributed by atoms with E-state index >= 15 is 0 Å². The summed E-state index contributed by atoms with van der Waals surface area (Å²) in [6.45, 7) is 5.03. The molecule has 2 rings (SSSR count). The normalized spacial score (nSPS) is 12.4. The van der Waals surface area contributed by atoms with Crippen molar-refractivity contribution in [2.24, 2.45) is 0 Å². The van der Waals surface area contributed by atoms with Gasteiger partial charge in [-0.3, -0.25) is 0 Å². The number of rotatable bonds is 4. The van der Waals surface area contributed by atoms with E-state index < -0.39 is 0 Å². The predicted molar refractivity (Wildman–Crippen MR) is 73.7 cm³/mol. The van der Waals surface area contributed by atoms with Crippen LogP contribution >= 0.6 is 11.6 Å². The molecule has 1 N–H and O–H groups in total. The highest BCUT2D eigenvalue weighted by molar-refractivity contribution is 6.30. The molecule has 0 aliphatic carbocycles. The summed E-state index contributed by atoms with van der Waals surface area (Å²) in [6, 6.07) is 6.05. The molecule has 0 amide bonds. The number of benzene rings is 1. The molecule has 0 saturated carbocycles. The van der Waals surface area contributed by atoms with Gasteiger partial charge in [-0.1, -0.05) is 24.6 Å². The first-order valence-electron chi connectivity index (χ1n) is 5.96. The number of aromatic nitrogens is 2. The summed E-state index contributed by atoms with van der Waals surface area (Å²) < 4.78 is 0. The molecule has 4 heteroatoms. The summed E-state index contributed by atoms with van der Waals surface area (Å²) in [7, 11) is 0. The van der Waals surface area contributed by atoms with Crippen LogP contribution in [0.5, 0.6) is 0 Å². The maximum absolute atomic E-state index is 6.00. The van der Waals surface area contributed by atoms with Crippen molar-refractivity contribution in [2.75, 3.05) is 6.54 Å². The first-order valence-corrected chi connectivity index (χ1v) is 6.34. The van der Waals surface area contributed by atoms with Gasteiger partial charge < -0.3 is 5.32 Å². The molecule has 1 atom stereocenters. The molecule has 1 aromatic carbocycles. The number of nitrogens with zero attached hydrogens (tertiary/aromatic N) is 2. The van der Waals surface area contributed by atoms with Gasteiger partial charge in [-0.15, -0.1) is 0 Å². The van der Waals surface area contributed by atoms with E-state index in [1.807, 2.05) is 24.5 Å². The van der Waals surface area contributed by atoms with Crippen molar-refractivity contribution in [3.05, 3.63) is 58.6 Å². The van der Waals surface area contributed by atoms with Gasteiger partial charge in [0.05, 0.1) is 6.04 Å². The first-order chi connectivity index (χ1) is 8.72. The van der Waals surface area contributed by atoms with Gasteiger partial charge in [0.1, 0.15) is 6.33 Å². The molecule has 1 unspecified atom stereocenters. The molecule has 0 aliphatic rings. The third kappa shape index (κ3) is 2.86. The van der Waals surface area contributed by atoms with Crippen molar-refractivity contribution < 1.29 is 0 Å². The number of hydrogen-bond donors (Lipinski definition) is 1. The second kappa shape index (κ2) is 5.94. The standard InChI is InChI=1S/C14H16ClN3/c1-3-18-14(11-7-16-9-17-8-11)13-5-4-12(15)6-10(13)2/h4-9,14,18H,3H2,1-2H3. The zero-order chi connectivity index (χ0) is 13.0. The minimum atomic E-state index is 0.105. The lowest BCUT2D eigenvalue weighted by Gasteiger charge is -2.20. The Hall–Kier alpha value is -1.45. The van der Waals surface area contributed by atoms with Crippen LogP contribution in [0.1, 0.15) is 29.7 Å². The smallest absolute Gasteiger partial charge is 0.115 e. The van der Waals surface area contributed by atoms with E-state index in [4.69, 9.17) is 11.6 Å². The maximum atomic E-state index is 6.00. The van der Waals surface area contributed by atoms with E-state index in [-0.39, 0.29) is 6.04 Å². The van der Waals surface area contributed by atoms with E-state index in [0.29, 0.717) is 0 Å². The van der Waals surface area contributed by atoms with E-state index in [2.05, 4.69) is 35.2 Å². The Morgan fingerprint density at radius 3 is 2.61 bits per heavy atom. The van der Waals surface area contributed by atoms with Gasteiger partial charge >= 0.3 is 0 Å². The summed E-state index contributed by atoms with van der Waals surface area (Å²) in [5.41, 5.74) is 3.43. The van der Waals surface area contributed by atoms with Gasteiger partial charge in [0.15, 0.2) is 0 Å². The first kappa shape index (κ1) is 13.0. The number of hydrogen-bond acceptors (Lipinski definition) is 3. The number of halogens is 1. The van der Waals surface area contributed by atoms with Gasteiger partial charge in [-0.05, 0) is 36.7 Å². The molecular weight excluding hydrogens is 246 g/mol. The summed E-state index contributed by atoms with van der Waals surface area (Å²) in [4.78, 5) is 8.17. The lowest BCUT2D eigenvalue weighted by Crippen LogP contribution is -2.23. The minimum absolute atomic E-state index is 0.105. The SMILES string of the molecule is CCNC(c1cncnc1)c1ccc(Cl)cc1C. The van der Waals surface area contributed by atoms with Crippen LogP contribution in [0.3, 0.4) is 0 Å². The van der Waals surface area contributed by atoms with Crippen molar-refractivity contribution in [3.8, 4) is 0 Å². The highest BCUT2D eigenvalue weighted by atomic mass is 35.5. The third-order valence-electron chi connectivity index (χ3n) is 2.86. The van der Waals surface area contributed by atoms with Gasteiger partial charge in [-0.2, -0.15) is 0 Å². The topological polar surface area (TPSA) is 37.8 Å². The maximum Gasteiger partial charge on any atom is 0.115 e. The molecule has 94 valence electrons. The predicted octanol–water partition coefficient (Wildman–Crippen LogP) is 3.14. The Morgan fingerprint density at radius 2 is 2.00 bits per heavy atom. The summed E-state index contributed by atoms with van der Waals surface area (Å²) >= 11 is 6.00. The monoisotopic (exact) mass is 261 g/mol. The van der Waals surface area contributed by atoms with Crippen molar-refractivity contribution in [1.29, 1.82) is 0 Å². The molecule has 0 bridgehead atoms. The summed E-state index contributed by atoms with van der Waals surface area (Å²) in [5.74, 6) is 0.